The van der Waals surface area contributed by atoms with E-state index in [-0.39, 0.29) is 5.41 Å². The fourth-order valence-electron chi connectivity index (χ4n) is 1.90. The highest BCUT2D eigenvalue weighted by Crippen LogP contribution is 2.52. The third-order valence-corrected chi connectivity index (χ3v) is 3.63. The SMILES string of the molecule is COc1cccc(Br)c1C1(CN)CC1. The fourth-order valence-corrected chi connectivity index (χ4v) is 2.66. The zero-order chi connectivity index (χ0) is 10.2. The van der Waals surface area contributed by atoms with Crippen LogP contribution in [0.4, 0.5) is 0 Å². The molecular weight excluding hydrogens is 242 g/mol. The van der Waals surface area contributed by atoms with Gasteiger partial charge in [0, 0.05) is 22.0 Å². The van der Waals surface area contributed by atoms with E-state index in [1.54, 1.807) is 7.11 Å². The number of hydrogen-bond donors (Lipinski definition) is 1. The van der Waals surface area contributed by atoms with Crippen LogP contribution in [0.3, 0.4) is 0 Å². The Balaban J connectivity index is 2.50. The third-order valence-electron chi connectivity index (χ3n) is 2.97. The third kappa shape index (κ3) is 1.44. The largest absolute Gasteiger partial charge is 0.496 e. The molecule has 0 aliphatic heterocycles. The van der Waals surface area contributed by atoms with Gasteiger partial charge in [-0.2, -0.15) is 0 Å². The Kier molecular flexibility index (Phi) is 2.54. The lowest BCUT2D eigenvalue weighted by Gasteiger charge is -2.18. The Bertz CT molecular complexity index is 347. The Hall–Kier alpha value is -0.540. The molecule has 76 valence electrons. The standard InChI is InChI=1S/C11H14BrNO/c1-14-9-4-2-3-8(12)10(9)11(7-13)5-6-11/h2-4H,5-7,13H2,1H3. The van der Waals surface area contributed by atoms with Crippen molar-refractivity contribution in [3.8, 4) is 5.75 Å². The number of nitrogens with two attached hydrogens (primary N) is 1. The normalized spacial score (nSPS) is 17.9. The number of ether oxygens (including phenoxy) is 1. The molecule has 0 aromatic heterocycles. The molecule has 0 saturated heterocycles. The first-order chi connectivity index (χ1) is 6.73. The van der Waals surface area contributed by atoms with E-state index < -0.39 is 0 Å². The lowest BCUT2D eigenvalue weighted by molar-refractivity contribution is 0.403. The lowest BCUT2D eigenvalue weighted by atomic mass is 9.95. The van der Waals surface area contributed by atoms with Crippen molar-refractivity contribution in [3.05, 3.63) is 28.2 Å². The van der Waals surface area contributed by atoms with Gasteiger partial charge in [-0.15, -0.1) is 0 Å². The maximum Gasteiger partial charge on any atom is 0.123 e. The molecular formula is C11H14BrNO. The molecule has 3 heteroatoms. The van der Waals surface area contributed by atoms with Crippen LogP contribution in [-0.4, -0.2) is 13.7 Å². The zero-order valence-electron chi connectivity index (χ0n) is 8.22. The van der Waals surface area contributed by atoms with Gasteiger partial charge in [0.1, 0.15) is 5.75 Å². The predicted octanol–water partition coefficient (Wildman–Crippen LogP) is 2.45. The molecule has 1 aliphatic carbocycles. The van der Waals surface area contributed by atoms with Gasteiger partial charge in [0.15, 0.2) is 0 Å². The van der Waals surface area contributed by atoms with Gasteiger partial charge in [-0.25, -0.2) is 0 Å². The first-order valence-electron chi connectivity index (χ1n) is 4.76. The second-order valence-corrected chi connectivity index (χ2v) is 4.66. The fraction of sp³-hybridized carbons (Fsp3) is 0.455. The van der Waals surface area contributed by atoms with E-state index in [0.29, 0.717) is 6.54 Å². The summed E-state index contributed by atoms with van der Waals surface area (Å²) in [5.74, 6) is 0.947. The summed E-state index contributed by atoms with van der Waals surface area (Å²) in [6.07, 6.45) is 2.34. The Morgan fingerprint density at radius 2 is 2.21 bits per heavy atom. The van der Waals surface area contributed by atoms with Crippen molar-refractivity contribution in [1.29, 1.82) is 0 Å². The molecule has 0 spiro atoms. The Labute approximate surface area is 92.6 Å². The van der Waals surface area contributed by atoms with Crippen molar-refractivity contribution in [2.45, 2.75) is 18.3 Å². The summed E-state index contributed by atoms with van der Waals surface area (Å²) >= 11 is 3.57. The van der Waals surface area contributed by atoms with Crippen molar-refractivity contribution in [3.63, 3.8) is 0 Å². The van der Waals surface area contributed by atoms with Crippen LogP contribution in [0.5, 0.6) is 5.75 Å². The van der Waals surface area contributed by atoms with Crippen LogP contribution in [-0.2, 0) is 5.41 Å². The molecule has 1 fully saturated rings. The molecule has 0 amide bonds. The van der Waals surface area contributed by atoms with E-state index in [1.807, 2.05) is 18.2 Å². The van der Waals surface area contributed by atoms with Gasteiger partial charge < -0.3 is 10.5 Å². The second kappa shape index (κ2) is 3.55. The highest BCUT2D eigenvalue weighted by Gasteiger charge is 2.46. The van der Waals surface area contributed by atoms with E-state index >= 15 is 0 Å². The molecule has 1 saturated carbocycles. The van der Waals surface area contributed by atoms with Crippen LogP contribution in [0.25, 0.3) is 0 Å². The quantitative estimate of drug-likeness (QED) is 0.901. The van der Waals surface area contributed by atoms with Gasteiger partial charge in [-0.1, -0.05) is 22.0 Å². The molecule has 0 bridgehead atoms. The Morgan fingerprint density at radius 1 is 1.50 bits per heavy atom. The molecule has 0 atom stereocenters. The highest BCUT2D eigenvalue weighted by atomic mass is 79.9. The smallest absolute Gasteiger partial charge is 0.123 e. The molecule has 1 aromatic rings. The maximum atomic E-state index is 5.82. The van der Waals surface area contributed by atoms with E-state index in [1.165, 1.54) is 18.4 Å². The number of rotatable bonds is 3. The predicted molar refractivity (Wildman–Crippen MR) is 60.7 cm³/mol. The van der Waals surface area contributed by atoms with Crippen LogP contribution in [0, 0.1) is 0 Å². The number of benzene rings is 1. The summed E-state index contributed by atoms with van der Waals surface area (Å²) in [4.78, 5) is 0. The van der Waals surface area contributed by atoms with Gasteiger partial charge in [-0.3, -0.25) is 0 Å². The van der Waals surface area contributed by atoms with Gasteiger partial charge in [0.25, 0.3) is 0 Å². The van der Waals surface area contributed by atoms with Crippen LogP contribution < -0.4 is 10.5 Å². The first kappa shape index (κ1) is 9.99. The van der Waals surface area contributed by atoms with Crippen LogP contribution in [0.1, 0.15) is 18.4 Å². The minimum atomic E-state index is 0.172. The maximum absolute atomic E-state index is 5.82. The summed E-state index contributed by atoms with van der Waals surface area (Å²) in [7, 11) is 1.71. The van der Waals surface area contributed by atoms with Crippen LogP contribution in [0.2, 0.25) is 0 Å². The molecule has 14 heavy (non-hydrogen) atoms. The average molecular weight is 256 g/mol. The number of methoxy groups -OCH3 is 1. The van der Waals surface area contributed by atoms with Crippen molar-refractivity contribution in [1.82, 2.24) is 0 Å². The molecule has 1 aliphatic rings. The minimum Gasteiger partial charge on any atom is -0.496 e. The summed E-state index contributed by atoms with van der Waals surface area (Å²) in [5.41, 5.74) is 7.23. The van der Waals surface area contributed by atoms with E-state index in [9.17, 15) is 0 Å². The summed E-state index contributed by atoms with van der Waals surface area (Å²) in [6.45, 7) is 0.700. The molecule has 2 rings (SSSR count). The molecule has 0 heterocycles. The number of hydrogen-bond acceptors (Lipinski definition) is 2. The number of halogens is 1. The average Bonchev–Trinajstić information content (AvgIpc) is 2.98. The molecule has 0 unspecified atom stereocenters. The monoisotopic (exact) mass is 255 g/mol. The summed E-state index contributed by atoms with van der Waals surface area (Å²) in [5, 5.41) is 0. The van der Waals surface area contributed by atoms with Crippen molar-refractivity contribution in [2.75, 3.05) is 13.7 Å². The van der Waals surface area contributed by atoms with Crippen molar-refractivity contribution >= 4 is 15.9 Å². The van der Waals surface area contributed by atoms with E-state index in [4.69, 9.17) is 10.5 Å². The van der Waals surface area contributed by atoms with Crippen molar-refractivity contribution in [2.24, 2.45) is 5.73 Å². The molecule has 2 nitrogen and oxygen atoms in total. The molecule has 1 aromatic carbocycles. The second-order valence-electron chi connectivity index (χ2n) is 3.80. The van der Waals surface area contributed by atoms with Gasteiger partial charge in [0.2, 0.25) is 0 Å². The zero-order valence-corrected chi connectivity index (χ0v) is 9.80. The highest BCUT2D eigenvalue weighted by molar-refractivity contribution is 9.10. The molecule has 0 radical (unpaired) electrons. The van der Waals surface area contributed by atoms with Crippen LogP contribution in [0.15, 0.2) is 22.7 Å². The first-order valence-corrected chi connectivity index (χ1v) is 5.56. The van der Waals surface area contributed by atoms with Crippen molar-refractivity contribution < 1.29 is 4.74 Å². The topological polar surface area (TPSA) is 35.2 Å². The van der Waals surface area contributed by atoms with E-state index in [0.717, 1.165) is 10.2 Å². The minimum absolute atomic E-state index is 0.172. The van der Waals surface area contributed by atoms with Gasteiger partial charge in [-0.05, 0) is 25.0 Å². The van der Waals surface area contributed by atoms with Crippen LogP contribution >= 0.6 is 15.9 Å². The Morgan fingerprint density at radius 3 is 2.71 bits per heavy atom. The van der Waals surface area contributed by atoms with Gasteiger partial charge in [0.05, 0.1) is 7.11 Å². The van der Waals surface area contributed by atoms with E-state index in [2.05, 4.69) is 15.9 Å². The summed E-state index contributed by atoms with van der Waals surface area (Å²) < 4.78 is 6.48. The van der Waals surface area contributed by atoms with Gasteiger partial charge >= 0.3 is 0 Å². The summed E-state index contributed by atoms with van der Waals surface area (Å²) in [6, 6.07) is 6.03. The molecule has 2 N–H and O–H groups in total. The lowest BCUT2D eigenvalue weighted by Crippen LogP contribution is -2.21.